The van der Waals surface area contributed by atoms with Crippen LogP contribution >= 0.6 is 0 Å². The molecule has 1 aromatic rings. The second kappa shape index (κ2) is 6.47. The lowest BCUT2D eigenvalue weighted by molar-refractivity contribution is 0.0690. The van der Waals surface area contributed by atoms with Crippen molar-refractivity contribution >= 4 is 23.4 Å². The van der Waals surface area contributed by atoms with E-state index in [1.807, 2.05) is 0 Å². The summed E-state index contributed by atoms with van der Waals surface area (Å²) in [5, 5.41) is 9.09. The van der Waals surface area contributed by atoms with Crippen molar-refractivity contribution in [2.24, 2.45) is 5.73 Å². The van der Waals surface area contributed by atoms with Gasteiger partial charge >= 0.3 is 5.97 Å². The number of hydrogen-bond acceptors (Lipinski definition) is 5. The summed E-state index contributed by atoms with van der Waals surface area (Å²) in [6.07, 6.45) is 3.74. The Labute approximate surface area is 121 Å². The molecule has 0 fully saturated rings. The molecule has 0 saturated heterocycles. The van der Waals surface area contributed by atoms with Gasteiger partial charge in [-0.1, -0.05) is 25.3 Å². The van der Waals surface area contributed by atoms with E-state index in [-0.39, 0.29) is 34.2 Å². The van der Waals surface area contributed by atoms with Gasteiger partial charge < -0.3 is 16.6 Å². The lowest BCUT2D eigenvalue weighted by Gasteiger charge is -2.08. The summed E-state index contributed by atoms with van der Waals surface area (Å²) < 4.78 is 13.9. The molecule has 0 aliphatic heterocycles. The van der Waals surface area contributed by atoms with Gasteiger partial charge in [-0.2, -0.15) is 0 Å². The van der Waals surface area contributed by atoms with Crippen molar-refractivity contribution in [3.63, 3.8) is 0 Å². The highest BCUT2D eigenvalue weighted by Gasteiger charge is 2.18. The molecule has 0 unspecified atom stereocenters. The minimum absolute atomic E-state index is 0.0661. The van der Waals surface area contributed by atoms with Gasteiger partial charge in [-0.3, -0.25) is 0 Å². The molecule has 0 saturated carbocycles. The largest absolute Gasteiger partial charge is 0.476 e. The molecule has 0 aliphatic carbocycles. The van der Waals surface area contributed by atoms with E-state index in [1.54, 1.807) is 6.92 Å². The number of aromatic carboxylic acids is 1. The zero-order valence-corrected chi connectivity index (χ0v) is 11.4. The number of aromatic nitrogens is 2. The molecule has 1 aromatic heterocycles. The number of nitrogens with zero attached hydrogens (tertiary/aromatic N) is 2. The number of carboxylic acid groups (broad SMARTS) is 1. The van der Waals surface area contributed by atoms with E-state index < -0.39 is 11.8 Å². The third kappa shape index (κ3) is 3.53. The SMILES string of the molecule is C=Cc1c(N)nc(C(=C)/C(F)=C\C(N)=C/C)nc1C(=O)O. The van der Waals surface area contributed by atoms with Crippen LogP contribution in [0.25, 0.3) is 11.6 Å². The molecular weight excluding hydrogens is 275 g/mol. The number of nitrogen functional groups attached to an aromatic ring is 1. The Morgan fingerprint density at radius 3 is 2.52 bits per heavy atom. The third-order valence-corrected chi connectivity index (χ3v) is 2.57. The van der Waals surface area contributed by atoms with Gasteiger partial charge in [0.25, 0.3) is 0 Å². The van der Waals surface area contributed by atoms with Crippen LogP contribution in [0.5, 0.6) is 0 Å². The van der Waals surface area contributed by atoms with Gasteiger partial charge in [0.1, 0.15) is 11.6 Å². The number of halogens is 1. The molecule has 21 heavy (non-hydrogen) atoms. The number of nitrogens with two attached hydrogens (primary N) is 2. The van der Waals surface area contributed by atoms with Crippen molar-refractivity contribution in [1.82, 2.24) is 9.97 Å². The van der Waals surface area contributed by atoms with Crippen molar-refractivity contribution < 1.29 is 14.3 Å². The summed E-state index contributed by atoms with van der Waals surface area (Å²) in [5.74, 6) is -2.47. The van der Waals surface area contributed by atoms with E-state index >= 15 is 0 Å². The van der Waals surface area contributed by atoms with Gasteiger partial charge in [-0.05, 0) is 13.0 Å². The molecule has 0 spiro atoms. The van der Waals surface area contributed by atoms with Crippen molar-refractivity contribution in [3.8, 4) is 0 Å². The van der Waals surface area contributed by atoms with Gasteiger partial charge in [-0.25, -0.2) is 19.2 Å². The van der Waals surface area contributed by atoms with E-state index in [9.17, 15) is 9.18 Å². The molecule has 0 bridgehead atoms. The van der Waals surface area contributed by atoms with Gasteiger partial charge in [0.15, 0.2) is 11.5 Å². The minimum Gasteiger partial charge on any atom is -0.476 e. The molecule has 5 N–H and O–H groups in total. The molecule has 7 heteroatoms. The van der Waals surface area contributed by atoms with Gasteiger partial charge in [0.2, 0.25) is 0 Å². The number of carbonyl (C=O) groups is 1. The Bertz CT molecular complexity index is 678. The first-order valence-corrected chi connectivity index (χ1v) is 5.83. The van der Waals surface area contributed by atoms with E-state index in [4.69, 9.17) is 16.6 Å². The molecule has 0 radical (unpaired) electrons. The summed E-state index contributed by atoms with van der Waals surface area (Å²) in [6.45, 7) is 8.56. The van der Waals surface area contributed by atoms with Crippen LogP contribution in [0, 0.1) is 0 Å². The summed E-state index contributed by atoms with van der Waals surface area (Å²) in [4.78, 5) is 18.7. The molecule has 0 aliphatic rings. The lowest BCUT2D eigenvalue weighted by atomic mass is 10.1. The second-order valence-electron chi connectivity index (χ2n) is 3.96. The Hall–Kier alpha value is -2.96. The number of hydrogen-bond donors (Lipinski definition) is 3. The van der Waals surface area contributed by atoms with E-state index in [0.717, 1.165) is 6.08 Å². The fraction of sp³-hybridized carbons (Fsp3) is 0.0714. The average Bonchev–Trinajstić information content (AvgIpc) is 2.44. The predicted molar refractivity (Wildman–Crippen MR) is 79.7 cm³/mol. The topological polar surface area (TPSA) is 115 Å². The first kappa shape index (κ1) is 16.1. The first-order valence-electron chi connectivity index (χ1n) is 5.83. The third-order valence-electron chi connectivity index (χ3n) is 2.57. The maximum atomic E-state index is 13.9. The van der Waals surface area contributed by atoms with Crippen LogP contribution in [0.15, 0.2) is 36.8 Å². The van der Waals surface area contributed by atoms with E-state index in [0.29, 0.717) is 0 Å². The van der Waals surface area contributed by atoms with Crippen LogP contribution in [-0.4, -0.2) is 21.0 Å². The maximum absolute atomic E-state index is 13.9. The van der Waals surface area contributed by atoms with Gasteiger partial charge in [0, 0.05) is 16.8 Å². The van der Waals surface area contributed by atoms with Crippen LogP contribution < -0.4 is 11.5 Å². The summed E-state index contributed by atoms with van der Waals surface area (Å²) in [7, 11) is 0. The fourth-order valence-corrected chi connectivity index (χ4v) is 1.41. The Morgan fingerprint density at radius 1 is 1.43 bits per heavy atom. The summed E-state index contributed by atoms with van der Waals surface area (Å²) in [6, 6.07) is 0. The highest BCUT2D eigenvalue weighted by atomic mass is 19.1. The molecule has 1 rings (SSSR count). The maximum Gasteiger partial charge on any atom is 0.355 e. The van der Waals surface area contributed by atoms with Crippen LogP contribution in [-0.2, 0) is 0 Å². The summed E-state index contributed by atoms with van der Waals surface area (Å²) >= 11 is 0. The van der Waals surface area contributed by atoms with Crippen LogP contribution in [0.3, 0.4) is 0 Å². The highest BCUT2D eigenvalue weighted by Crippen LogP contribution is 2.24. The Kier molecular flexibility index (Phi) is 4.96. The minimum atomic E-state index is -1.33. The van der Waals surface area contributed by atoms with Crippen molar-refractivity contribution in [2.45, 2.75) is 6.92 Å². The smallest absolute Gasteiger partial charge is 0.355 e. The molecular formula is C14H15FN4O2. The first-order chi connectivity index (χ1) is 9.81. The molecule has 0 atom stereocenters. The molecule has 0 aromatic carbocycles. The monoisotopic (exact) mass is 290 g/mol. The van der Waals surface area contributed by atoms with Crippen molar-refractivity contribution in [2.75, 3.05) is 5.73 Å². The Balaban J connectivity index is 3.39. The van der Waals surface area contributed by atoms with Crippen molar-refractivity contribution in [3.05, 3.63) is 53.9 Å². The zero-order valence-electron chi connectivity index (χ0n) is 11.4. The number of carboxylic acids is 1. The second-order valence-corrected chi connectivity index (χ2v) is 3.96. The quantitative estimate of drug-likeness (QED) is 0.715. The molecule has 0 amide bonds. The summed E-state index contributed by atoms with van der Waals surface area (Å²) in [5.41, 5.74) is 10.8. The normalized spacial score (nSPS) is 12.1. The fourth-order valence-electron chi connectivity index (χ4n) is 1.41. The standard InChI is InChI=1S/C14H15FN4O2/c1-4-8(16)6-10(15)7(3)13-18-11(14(20)21)9(5-2)12(17)19-13/h4-6H,2-3,16H2,1H3,(H,20,21)(H2,17,18,19)/b8-4+,10-6+. The number of rotatable bonds is 5. The average molecular weight is 290 g/mol. The molecule has 110 valence electrons. The molecule has 1 heterocycles. The number of allylic oxidation sites excluding steroid dienone is 4. The highest BCUT2D eigenvalue weighted by molar-refractivity contribution is 5.92. The van der Waals surface area contributed by atoms with Crippen molar-refractivity contribution in [1.29, 1.82) is 0 Å². The van der Waals surface area contributed by atoms with E-state index in [1.165, 1.54) is 12.2 Å². The van der Waals surface area contributed by atoms with Gasteiger partial charge in [-0.15, -0.1) is 0 Å². The van der Waals surface area contributed by atoms with Crippen LogP contribution in [0.1, 0.15) is 28.8 Å². The number of anilines is 1. The van der Waals surface area contributed by atoms with Crippen LogP contribution in [0.2, 0.25) is 0 Å². The van der Waals surface area contributed by atoms with E-state index in [2.05, 4.69) is 23.1 Å². The zero-order chi connectivity index (χ0) is 16.2. The van der Waals surface area contributed by atoms with Gasteiger partial charge in [0.05, 0.1) is 0 Å². The Morgan fingerprint density at radius 2 is 2.05 bits per heavy atom. The molecule has 6 nitrogen and oxygen atoms in total. The van der Waals surface area contributed by atoms with Crippen LogP contribution in [0.4, 0.5) is 10.2 Å². The predicted octanol–water partition coefficient (Wildman–Crippen LogP) is 2.13. The lowest BCUT2D eigenvalue weighted by Crippen LogP contribution is -2.11.